The van der Waals surface area contributed by atoms with Gasteiger partial charge in [-0.3, -0.25) is 9.48 Å². The molecule has 5 rings (SSSR count). The maximum atomic E-state index is 14.8. The highest BCUT2D eigenvalue weighted by Crippen LogP contribution is 2.26. The first-order chi connectivity index (χ1) is 15.0. The fraction of sp³-hybridized carbons (Fsp3) is 0.304. The van der Waals surface area contributed by atoms with Crippen LogP contribution in [0.25, 0.3) is 21.8 Å². The minimum absolute atomic E-state index is 0.178. The molecule has 0 saturated carbocycles. The molecule has 2 N–H and O–H groups in total. The first-order valence-corrected chi connectivity index (χ1v) is 10.3. The maximum absolute atomic E-state index is 14.8. The molecule has 7 nitrogen and oxygen atoms in total. The summed E-state index contributed by atoms with van der Waals surface area (Å²) in [5.74, 6) is -0.848. The molecule has 8 heteroatoms. The number of hydrogen-bond donors (Lipinski definition) is 2. The Balaban J connectivity index is 1.50. The van der Waals surface area contributed by atoms with Crippen molar-refractivity contribution in [1.82, 2.24) is 19.7 Å². The van der Waals surface area contributed by atoms with Gasteiger partial charge in [0.25, 0.3) is 5.91 Å². The van der Waals surface area contributed by atoms with Crippen LogP contribution in [0, 0.1) is 5.82 Å². The predicted octanol–water partition coefficient (Wildman–Crippen LogP) is 2.60. The summed E-state index contributed by atoms with van der Waals surface area (Å²) in [5.41, 5.74) is 2.95. The number of rotatable bonds is 4. The molecule has 1 saturated heterocycles. The molecule has 2 atom stereocenters. The lowest BCUT2D eigenvalue weighted by atomic mass is 10.1. The molecule has 160 valence electrons. The number of carbonyl (C=O) groups is 1. The molecule has 3 heterocycles. The summed E-state index contributed by atoms with van der Waals surface area (Å²) < 4.78 is 23.7. The second-order valence-electron chi connectivity index (χ2n) is 7.98. The number of carbonyl (C=O) groups excluding carboxylic acids is 1. The van der Waals surface area contributed by atoms with Gasteiger partial charge in [0.2, 0.25) is 0 Å². The molecule has 0 bridgehead atoms. The predicted molar refractivity (Wildman–Crippen MR) is 114 cm³/mol. The number of nitrogens with one attached hydrogen (secondary N) is 1. The number of aryl methyl sites for hydroxylation is 1. The average molecular weight is 422 g/mol. The fourth-order valence-corrected chi connectivity index (χ4v) is 4.26. The first kappa shape index (κ1) is 19.7. The van der Waals surface area contributed by atoms with Crippen LogP contribution in [-0.4, -0.2) is 50.7 Å². The van der Waals surface area contributed by atoms with Crippen molar-refractivity contribution >= 4 is 27.7 Å². The van der Waals surface area contributed by atoms with E-state index in [1.165, 1.54) is 6.07 Å². The van der Waals surface area contributed by atoms with E-state index < -0.39 is 23.9 Å². The van der Waals surface area contributed by atoms with Crippen molar-refractivity contribution in [3.8, 4) is 0 Å². The average Bonchev–Trinajstić information content (AvgIpc) is 3.31. The number of ether oxygens (including phenoxy) is 1. The molecule has 31 heavy (non-hydrogen) atoms. The number of fused-ring (bicyclic) bond motifs is 2. The second kappa shape index (κ2) is 7.79. The van der Waals surface area contributed by atoms with Crippen LogP contribution in [0.2, 0.25) is 0 Å². The van der Waals surface area contributed by atoms with E-state index in [0.717, 1.165) is 16.5 Å². The third-order valence-corrected chi connectivity index (χ3v) is 5.91. The zero-order chi connectivity index (χ0) is 21.5. The molecule has 0 unspecified atom stereocenters. The quantitative estimate of drug-likeness (QED) is 0.530. The van der Waals surface area contributed by atoms with Gasteiger partial charge in [-0.2, -0.15) is 5.10 Å². The van der Waals surface area contributed by atoms with Crippen LogP contribution < -0.4 is 5.32 Å². The number of halogens is 1. The van der Waals surface area contributed by atoms with Crippen LogP contribution in [0.1, 0.15) is 22.3 Å². The van der Waals surface area contributed by atoms with E-state index >= 15 is 0 Å². The molecule has 2 aromatic heterocycles. The molecule has 1 amide bonds. The summed E-state index contributed by atoms with van der Waals surface area (Å²) in [5, 5.41) is 18.5. The number of nitrogens with zero attached hydrogens (tertiary/aromatic N) is 3. The van der Waals surface area contributed by atoms with Crippen LogP contribution in [0.5, 0.6) is 0 Å². The van der Waals surface area contributed by atoms with Gasteiger partial charge in [0, 0.05) is 37.2 Å². The van der Waals surface area contributed by atoms with Gasteiger partial charge in [-0.15, -0.1) is 0 Å². The minimum atomic E-state index is -0.776. The first-order valence-electron chi connectivity index (χ1n) is 10.3. The summed E-state index contributed by atoms with van der Waals surface area (Å²) in [4.78, 5) is 13.0. The summed E-state index contributed by atoms with van der Waals surface area (Å²) in [6.07, 6.45) is 3.23. The van der Waals surface area contributed by atoms with Crippen molar-refractivity contribution in [2.45, 2.75) is 25.1 Å². The second-order valence-corrected chi connectivity index (χ2v) is 7.98. The number of aliphatic hydroxyl groups excluding tert-OH is 1. The number of amides is 1. The lowest BCUT2D eigenvalue weighted by Crippen LogP contribution is -2.48. The monoisotopic (exact) mass is 422 g/mol. The number of benzene rings is 2. The van der Waals surface area contributed by atoms with Gasteiger partial charge in [0.15, 0.2) is 0 Å². The molecule has 0 radical (unpaired) electrons. The van der Waals surface area contributed by atoms with Crippen molar-refractivity contribution in [3.63, 3.8) is 0 Å². The highest BCUT2D eigenvalue weighted by molar-refractivity contribution is 6.07. The Morgan fingerprint density at radius 1 is 1.32 bits per heavy atom. The van der Waals surface area contributed by atoms with Crippen LogP contribution in [0.4, 0.5) is 4.39 Å². The standard InChI is InChI=1S/C23H23FN4O3/c1-27-19-6-5-14(9-15(19)10-25-27)11-28-12-16(22-17(24)3-2-4-20(22)28)23(30)26-18-7-8-31-13-21(18)29/h2-6,9-10,12,18,21,29H,7-8,11,13H2,1H3,(H,26,30)/t18-,21-/m0/s1. The van der Waals surface area contributed by atoms with E-state index in [0.29, 0.717) is 25.1 Å². The van der Waals surface area contributed by atoms with Gasteiger partial charge in [-0.1, -0.05) is 12.1 Å². The number of aliphatic hydroxyl groups is 1. The SMILES string of the molecule is Cn1ncc2cc(Cn3cc(C(=O)N[C@H]4CCOC[C@@H]4O)c4c(F)cccc43)ccc21. The summed E-state index contributed by atoms with van der Waals surface area (Å²) in [6.45, 7) is 1.13. The Morgan fingerprint density at radius 3 is 3.03 bits per heavy atom. The van der Waals surface area contributed by atoms with Gasteiger partial charge in [-0.25, -0.2) is 4.39 Å². The number of hydrogen-bond acceptors (Lipinski definition) is 4. The molecule has 1 fully saturated rings. The van der Waals surface area contributed by atoms with Gasteiger partial charge >= 0.3 is 0 Å². The molecule has 4 aromatic rings. The molecular formula is C23H23FN4O3. The molecular weight excluding hydrogens is 399 g/mol. The van der Waals surface area contributed by atoms with E-state index in [1.807, 2.05) is 40.7 Å². The Morgan fingerprint density at radius 2 is 2.19 bits per heavy atom. The zero-order valence-corrected chi connectivity index (χ0v) is 17.1. The fourth-order valence-electron chi connectivity index (χ4n) is 4.26. The molecule has 0 spiro atoms. The summed E-state index contributed by atoms with van der Waals surface area (Å²) >= 11 is 0. The maximum Gasteiger partial charge on any atom is 0.253 e. The number of aromatic nitrogens is 3. The van der Waals surface area contributed by atoms with Crippen molar-refractivity contribution < 1.29 is 19.0 Å². The van der Waals surface area contributed by atoms with E-state index in [-0.39, 0.29) is 17.6 Å². The highest BCUT2D eigenvalue weighted by Gasteiger charge is 2.27. The Hall–Kier alpha value is -3.23. The van der Waals surface area contributed by atoms with Crippen molar-refractivity contribution in [2.24, 2.45) is 7.05 Å². The topological polar surface area (TPSA) is 81.3 Å². The minimum Gasteiger partial charge on any atom is -0.389 e. The molecule has 1 aliphatic heterocycles. The lowest BCUT2D eigenvalue weighted by molar-refractivity contribution is -0.0260. The lowest BCUT2D eigenvalue weighted by Gasteiger charge is -2.28. The molecule has 0 aliphatic carbocycles. The van der Waals surface area contributed by atoms with Crippen LogP contribution in [0.15, 0.2) is 48.8 Å². The van der Waals surface area contributed by atoms with Gasteiger partial charge < -0.3 is 19.7 Å². The smallest absolute Gasteiger partial charge is 0.253 e. The van der Waals surface area contributed by atoms with E-state index in [9.17, 15) is 14.3 Å². The summed E-state index contributed by atoms with van der Waals surface area (Å²) in [6, 6.07) is 10.4. The molecule has 2 aromatic carbocycles. The largest absolute Gasteiger partial charge is 0.389 e. The van der Waals surface area contributed by atoms with E-state index in [4.69, 9.17) is 4.74 Å². The third kappa shape index (κ3) is 3.58. The van der Waals surface area contributed by atoms with E-state index in [1.54, 1.807) is 18.3 Å². The van der Waals surface area contributed by atoms with Crippen molar-refractivity contribution in [2.75, 3.05) is 13.2 Å². The van der Waals surface area contributed by atoms with Crippen LogP contribution in [0.3, 0.4) is 0 Å². The van der Waals surface area contributed by atoms with Crippen molar-refractivity contribution in [3.05, 3.63) is 65.7 Å². The Labute approximate surface area is 178 Å². The van der Waals surface area contributed by atoms with Crippen LogP contribution in [-0.2, 0) is 18.3 Å². The highest BCUT2D eigenvalue weighted by atomic mass is 19.1. The summed E-state index contributed by atoms with van der Waals surface area (Å²) in [7, 11) is 1.89. The van der Waals surface area contributed by atoms with Crippen LogP contribution >= 0.6 is 0 Å². The normalized spacial score (nSPS) is 19.2. The van der Waals surface area contributed by atoms with Gasteiger partial charge in [0.1, 0.15) is 5.82 Å². The third-order valence-electron chi connectivity index (χ3n) is 5.91. The zero-order valence-electron chi connectivity index (χ0n) is 17.1. The Kier molecular flexibility index (Phi) is 4.95. The van der Waals surface area contributed by atoms with Gasteiger partial charge in [-0.05, 0) is 36.2 Å². The van der Waals surface area contributed by atoms with E-state index in [2.05, 4.69) is 10.4 Å². The van der Waals surface area contributed by atoms with Crippen molar-refractivity contribution in [1.29, 1.82) is 0 Å². The van der Waals surface area contributed by atoms with Gasteiger partial charge in [0.05, 0.1) is 41.5 Å². The Bertz CT molecular complexity index is 1280. The molecule has 1 aliphatic rings.